The van der Waals surface area contributed by atoms with Crippen molar-refractivity contribution in [3.05, 3.63) is 63.6 Å². The van der Waals surface area contributed by atoms with Gasteiger partial charge in [0.1, 0.15) is 10.4 Å². The van der Waals surface area contributed by atoms with Crippen molar-refractivity contribution in [1.82, 2.24) is 10.3 Å². The van der Waals surface area contributed by atoms with Gasteiger partial charge in [0.15, 0.2) is 0 Å². The molecule has 0 spiro atoms. The van der Waals surface area contributed by atoms with Crippen LogP contribution < -0.4 is 5.32 Å². The second-order valence-corrected chi connectivity index (χ2v) is 4.78. The molecule has 1 aromatic carbocycles. The summed E-state index contributed by atoms with van der Waals surface area (Å²) in [6.45, 7) is 0.0519. The van der Waals surface area contributed by atoms with Crippen LogP contribution in [0.4, 0.5) is 4.39 Å². The minimum absolute atomic E-state index is 0.0519. The lowest BCUT2D eigenvalue weighted by Gasteiger charge is -2.06. The summed E-state index contributed by atoms with van der Waals surface area (Å²) in [7, 11) is 0. The Kier molecular flexibility index (Phi) is 4.43. The Hall–Kier alpha value is -2.26. The number of nitrogens with zero attached hydrogens (tertiary/aromatic N) is 2. The van der Waals surface area contributed by atoms with E-state index in [1.807, 2.05) is 6.07 Å². The fourth-order valence-corrected chi connectivity index (χ4v) is 1.95. The highest BCUT2D eigenvalue weighted by atomic mass is 79.9. The van der Waals surface area contributed by atoms with Crippen LogP contribution in [-0.4, -0.2) is 10.9 Å². The Morgan fingerprint density at radius 3 is 2.85 bits per heavy atom. The molecule has 4 nitrogen and oxygen atoms in total. The fourth-order valence-electron chi connectivity index (χ4n) is 1.58. The van der Waals surface area contributed by atoms with Crippen LogP contribution in [0.1, 0.15) is 21.5 Å². The minimum atomic E-state index is -0.514. The monoisotopic (exact) mass is 333 g/mol. The average Bonchev–Trinajstić information content (AvgIpc) is 2.45. The highest BCUT2D eigenvalue weighted by molar-refractivity contribution is 9.10. The van der Waals surface area contributed by atoms with Crippen LogP contribution in [0.25, 0.3) is 0 Å². The first kappa shape index (κ1) is 14.2. The molecule has 0 unspecified atom stereocenters. The summed E-state index contributed by atoms with van der Waals surface area (Å²) in [5.74, 6) is -0.836. The Morgan fingerprint density at radius 1 is 1.40 bits per heavy atom. The standard InChI is InChI=1S/C14H9BrFN3O/c15-13-6-10(3-4-18-13)14(20)19-8-11-2-1-9(7-17)5-12(11)16/h1-6H,8H2,(H,19,20). The second kappa shape index (κ2) is 6.26. The van der Waals surface area contributed by atoms with Gasteiger partial charge in [-0.05, 0) is 40.2 Å². The Balaban J connectivity index is 2.06. The van der Waals surface area contributed by atoms with E-state index < -0.39 is 5.82 Å². The van der Waals surface area contributed by atoms with Crippen molar-refractivity contribution >= 4 is 21.8 Å². The first-order valence-electron chi connectivity index (χ1n) is 5.68. The van der Waals surface area contributed by atoms with E-state index in [1.54, 1.807) is 12.1 Å². The number of halogens is 2. The van der Waals surface area contributed by atoms with Gasteiger partial charge in [-0.3, -0.25) is 4.79 Å². The maximum absolute atomic E-state index is 13.6. The third kappa shape index (κ3) is 3.39. The number of carbonyl (C=O) groups is 1. The van der Waals surface area contributed by atoms with Crippen LogP contribution in [0.5, 0.6) is 0 Å². The number of aromatic nitrogens is 1. The number of nitriles is 1. The molecule has 20 heavy (non-hydrogen) atoms. The van der Waals surface area contributed by atoms with Gasteiger partial charge in [-0.25, -0.2) is 9.37 Å². The zero-order valence-electron chi connectivity index (χ0n) is 10.2. The maximum Gasteiger partial charge on any atom is 0.251 e. The lowest BCUT2D eigenvalue weighted by Crippen LogP contribution is -2.23. The van der Waals surface area contributed by atoms with E-state index in [4.69, 9.17) is 5.26 Å². The molecule has 0 bridgehead atoms. The molecular formula is C14H9BrFN3O. The van der Waals surface area contributed by atoms with Crippen LogP contribution in [-0.2, 0) is 6.54 Å². The predicted octanol–water partition coefficient (Wildman–Crippen LogP) is 2.78. The normalized spacial score (nSPS) is 9.85. The van der Waals surface area contributed by atoms with Crippen molar-refractivity contribution in [1.29, 1.82) is 5.26 Å². The Bertz CT molecular complexity index is 697. The molecule has 0 atom stereocenters. The third-order valence-corrected chi connectivity index (χ3v) is 3.04. The zero-order valence-corrected chi connectivity index (χ0v) is 11.8. The quantitative estimate of drug-likeness (QED) is 0.878. The third-order valence-electron chi connectivity index (χ3n) is 2.61. The zero-order chi connectivity index (χ0) is 14.5. The van der Waals surface area contributed by atoms with Crippen LogP contribution in [0.15, 0.2) is 41.1 Å². The van der Waals surface area contributed by atoms with Crippen LogP contribution >= 0.6 is 15.9 Å². The first-order valence-corrected chi connectivity index (χ1v) is 6.47. The molecule has 0 radical (unpaired) electrons. The van der Waals surface area contributed by atoms with E-state index >= 15 is 0 Å². The van der Waals surface area contributed by atoms with Gasteiger partial charge >= 0.3 is 0 Å². The molecule has 6 heteroatoms. The van der Waals surface area contributed by atoms with Crippen LogP contribution in [0, 0.1) is 17.1 Å². The molecule has 1 N–H and O–H groups in total. The predicted molar refractivity (Wildman–Crippen MR) is 74.2 cm³/mol. The first-order chi connectivity index (χ1) is 9.60. The number of carbonyl (C=O) groups excluding carboxylic acids is 1. The minimum Gasteiger partial charge on any atom is -0.348 e. The largest absolute Gasteiger partial charge is 0.348 e. The van der Waals surface area contributed by atoms with Crippen molar-refractivity contribution in [3.8, 4) is 6.07 Å². The number of benzene rings is 1. The van der Waals surface area contributed by atoms with Crippen LogP contribution in [0.2, 0.25) is 0 Å². The molecule has 0 saturated heterocycles. The van der Waals surface area contributed by atoms with Gasteiger partial charge in [-0.2, -0.15) is 5.26 Å². The summed E-state index contributed by atoms with van der Waals surface area (Å²) in [4.78, 5) is 15.8. The molecule has 0 saturated carbocycles. The van der Waals surface area contributed by atoms with Crippen molar-refractivity contribution in [3.63, 3.8) is 0 Å². The van der Waals surface area contributed by atoms with E-state index in [0.717, 1.165) is 6.07 Å². The lowest BCUT2D eigenvalue weighted by molar-refractivity contribution is 0.0950. The highest BCUT2D eigenvalue weighted by Crippen LogP contribution is 2.11. The molecule has 0 aliphatic heterocycles. The average molecular weight is 334 g/mol. The molecule has 2 rings (SSSR count). The number of pyridine rings is 1. The molecule has 1 heterocycles. The summed E-state index contributed by atoms with van der Waals surface area (Å²) in [6, 6.07) is 9.12. The van der Waals surface area contributed by atoms with E-state index in [-0.39, 0.29) is 18.0 Å². The maximum atomic E-state index is 13.6. The summed E-state index contributed by atoms with van der Waals surface area (Å²) in [6.07, 6.45) is 1.50. The van der Waals surface area contributed by atoms with Gasteiger partial charge in [0.05, 0.1) is 11.6 Å². The van der Waals surface area contributed by atoms with Crippen molar-refractivity contribution in [2.24, 2.45) is 0 Å². The van der Waals surface area contributed by atoms with Crippen molar-refractivity contribution < 1.29 is 9.18 Å². The van der Waals surface area contributed by atoms with E-state index in [2.05, 4.69) is 26.2 Å². The van der Waals surface area contributed by atoms with Crippen molar-refractivity contribution in [2.75, 3.05) is 0 Å². The molecule has 0 fully saturated rings. The molecular weight excluding hydrogens is 325 g/mol. The van der Waals surface area contributed by atoms with E-state index in [1.165, 1.54) is 18.3 Å². The van der Waals surface area contributed by atoms with Gasteiger partial charge in [-0.1, -0.05) is 6.07 Å². The SMILES string of the molecule is N#Cc1ccc(CNC(=O)c2ccnc(Br)c2)c(F)c1. The number of nitrogens with one attached hydrogen (secondary N) is 1. The van der Waals surface area contributed by atoms with E-state index in [0.29, 0.717) is 15.7 Å². The molecule has 100 valence electrons. The number of hydrogen-bond acceptors (Lipinski definition) is 3. The Labute approximate surface area is 123 Å². The molecule has 1 aromatic heterocycles. The molecule has 1 amide bonds. The Morgan fingerprint density at radius 2 is 2.20 bits per heavy atom. The van der Waals surface area contributed by atoms with Gasteiger partial charge in [0.2, 0.25) is 0 Å². The molecule has 0 aliphatic rings. The molecule has 0 aliphatic carbocycles. The summed E-state index contributed by atoms with van der Waals surface area (Å²) in [5.41, 5.74) is 1.00. The van der Waals surface area contributed by atoms with Gasteiger partial charge in [0, 0.05) is 23.9 Å². The molecule has 2 aromatic rings. The summed E-state index contributed by atoms with van der Waals surface area (Å²) in [5, 5.41) is 11.3. The number of amides is 1. The smallest absolute Gasteiger partial charge is 0.251 e. The topological polar surface area (TPSA) is 65.8 Å². The highest BCUT2D eigenvalue weighted by Gasteiger charge is 2.08. The van der Waals surface area contributed by atoms with E-state index in [9.17, 15) is 9.18 Å². The second-order valence-electron chi connectivity index (χ2n) is 3.97. The summed E-state index contributed by atoms with van der Waals surface area (Å²) < 4.78 is 14.2. The van der Waals surface area contributed by atoms with Gasteiger partial charge in [-0.15, -0.1) is 0 Å². The van der Waals surface area contributed by atoms with Crippen molar-refractivity contribution in [2.45, 2.75) is 6.54 Å². The number of rotatable bonds is 3. The summed E-state index contributed by atoms with van der Waals surface area (Å²) >= 11 is 3.17. The number of hydrogen-bond donors (Lipinski definition) is 1. The van der Waals surface area contributed by atoms with Gasteiger partial charge < -0.3 is 5.32 Å². The van der Waals surface area contributed by atoms with Crippen LogP contribution in [0.3, 0.4) is 0 Å². The lowest BCUT2D eigenvalue weighted by atomic mass is 10.1. The van der Waals surface area contributed by atoms with Gasteiger partial charge in [0.25, 0.3) is 5.91 Å². The fraction of sp³-hybridized carbons (Fsp3) is 0.0714.